The molecule has 3 rings (SSSR count). The molecule has 0 aliphatic heterocycles. The van der Waals surface area contributed by atoms with Gasteiger partial charge in [-0.15, -0.1) is 0 Å². The summed E-state index contributed by atoms with van der Waals surface area (Å²) < 4.78 is 0. The summed E-state index contributed by atoms with van der Waals surface area (Å²) in [5, 5.41) is 6.12. The Morgan fingerprint density at radius 3 is 2.17 bits per heavy atom. The number of aryl methyl sites for hydroxylation is 2. The van der Waals surface area contributed by atoms with E-state index in [1.165, 1.54) is 0 Å². The van der Waals surface area contributed by atoms with Gasteiger partial charge < -0.3 is 5.32 Å². The smallest absolute Gasteiger partial charge is 0.257 e. The third-order valence-corrected chi connectivity index (χ3v) is 4.66. The van der Waals surface area contributed by atoms with Crippen molar-refractivity contribution in [3.63, 3.8) is 0 Å². The SMILES string of the molecule is Cc1cc(C)cc(C(=O)NC(=S)Nc2ccc(Cl)cc2C(=O)c2ccccc2)c1. The number of anilines is 1. The van der Waals surface area contributed by atoms with E-state index in [2.05, 4.69) is 10.6 Å². The molecule has 0 fully saturated rings. The zero-order valence-electron chi connectivity index (χ0n) is 16.0. The van der Waals surface area contributed by atoms with Crippen molar-refractivity contribution in [2.45, 2.75) is 13.8 Å². The summed E-state index contributed by atoms with van der Waals surface area (Å²) >= 11 is 11.4. The van der Waals surface area contributed by atoms with Crippen molar-refractivity contribution in [2.75, 3.05) is 5.32 Å². The van der Waals surface area contributed by atoms with E-state index in [9.17, 15) is 9.59 Å². The molecule has 4 nitrogen and oxygen atoms in total. The van der Waals surface area contributed by atoms with Crippen molar-refractivity contribution in [3.05, 3.63) is 99.6 Å². The molecule has 0 radical (unpaired) electrons. The Bertz CT molecular complexity index is 1080. The predicted molar refractivity (Wildman–Crippen MR) is 121 cm³/mol. The van der Waals surface area contributed by atoms with Crippen LogP contribution in [0.15, 0.2) is 66.7 Å². The second-order valence-electron chi connectivity index (χ2n) is 6.67. The summed E-state index contributed by atoms with van der Waals surface area (Å²) in [7, 11) is 0. The number of ketones is 1. The summed E-state index contributed by atoms with van der Waals surface area (Å²) in [4.78, 5) is 25.4. The normalized spacial score (nSPS) is 10.3. The van der Waals surface area contributed by atoms with Gasteiger partial charge in [0, 0.05) is 21.7 Å². The van der Waals surface area contributed by atoms with Crippen molar-refractivity contribution < 1.29 is 9.59 Å². The van der Waals surface area contributed by atoms with Crippen LogP contribution in [-0.2, 0) is 0 Å². The molecule has 0 aliphatic carbocycles. The van der Waals surface area contributed by atoms with Gasteiger partial charge in [0.15, 0.2) is 10.9 Å². The lowest BCUT2D eigenvalue weighted by Crippen LogP contribution is -2.34. The van der Waals surface area contributed by atoms with E-state index in [0.717, 1.165) is 11.1 Å². The van der Waals surface area contributed by atoms with E-state index in [-0.39, 0.29) is 16.8 Å². The predicted octanol–water partition coefficient (Wildman–Crippen LogP) is 5.31. The molecule has 1 amide bonds. The van der Waals surface area contributed by atoms with Crippen LogP contribution in [0.2, 0.25) is 5.02 Å². The Labute approximate surface area is 179 Å². The number of hydrogen-bond acceptors (Lipinski definition) is 3. The first-order valence-corrected chi connectivity index (χ1v) is 9.72. The molecule has 0 aliphatic rings. The Hall–Kier alpha value is -3.02. The van der Waals surface area contributed by atoms with Crippen LogP contribution >= 0.6 is 23.8 Å². The van der Waals surface area contributed by atoms with Crippen molar-refractivity contribution in [2.24, 2.45) is 0 Å². The van der Waals surface area contributed by atoms with Crippen LogP contribution in [0.4, 0.5) is 5.69 Å². The first kappa shape index (κ1) is 20.7. The van der Waals surface area contributed by atoms with Gasteiger partial charge in [-0.1, -0.05) is 59.1 Å². The number of carbonyl (C=O) groups is 2. The Balaban J connectivity index is 1.80. The minimum Gasteiger partial charge on any atom is -0.332 e. The van der Waals surface area contributed by atoms with Gasteiger partial charge in [0.2, 0.25) is 0 Å². The molecule has 0 bridgehead atoms. The summed E-state index contributed by atoms with van der Waals surface area (Å²) in [5.41, 5.74) is 3.86. The Morgan fingerprint density at radius 1 is 0.862 bits per heavy atom. The second kappa shape index (κ2) is 8.99. The number of thiocarbonyl (C=S) groups is 1. The van der Waals surface area contributed by atoms with Crippen LogP contribution in [0.5, 0.6) is 0 Å². The standard InChI is InChI=1S/C23H19ClN2O2S/c1-14-10-15(2)12-17(11-14)22(28)26-23(29)25-20-9-8-18(24)13-19(20)21(27)16-6-4-3-5-7-16/h3-13H,1-2H3,(H2,25,26,28,29). The molecular weight excluding hydrogens is 404 g/mol. The van der Waals surface area contributed by atoms with Crippen LogP contribution in [0, 0.1) is 13.8 Å². The summed E-state index contributed by atoms with van der Waals surface area (Å²) in [6.07, 6.45) is 0. The summed E-state index contributed by atoms with van der Waals surface area (Å²) in [6.45, 7) is 3.85. The summed E-state index contributed by atoms with van der Waals surface area (Å²) in [6, 6.07) is 19.3. The minimum absolute atomic E-state index is 0.0959. The maximum atomic E-state index is 12.9. The quantitative estimate of drug-likeness (QED) is 0.441. The number of benzene rings is 3. The lowest BCUT2D eigenvalue weighted by Gasteiger charge is -2.14. The first-order valence-electron chi connectivity index (χ1n) is 8.93. The fraction of sp³-hybridized carbons (Fsp3) is 0.0870. The van der Waals surface area contributed by atoms with Crippen LogP contribution in [0.25, 0.3) is 0 Å². The highest BCUT2D eigenvalue weighted by atomic mass is 35.5. The van der Waals surface area contributed by atoms with Crippen LogP contribution in [0.3, 0.4) is 0 Å². The van der Waals surface area contributed by atoms with Gasteiger partial charge in [0.05, 0.1) is 5.69 Å². The summed E-state index contributed by atoms with van der Waals surface area (Å²) in [5.74, 6) is -0.516. The highest BCUT2D eigenvalue weighted by Crippen LogP contribution is 2.24. The van der Waals surface area contributed by atoms with Gasteiger partial charge in [0.25, 0.3) is 5.91 Å². The van der Waals surface area contributed by atoms with Gasteiger partial charge in [-0.25, -0.2) is 0 Å². The molecule has 6 heteroatoms. The molecule has 0 saturated carbocycles. The van der Waals surface area contributed by atoms with E-state index in [1.54, 1.807) is 54.6 Å². The molecule has 2 N–H and O–H groups in total. The highest BCUT2D eigenvalue weighted by Gasteiger charge is 2.16. The average Bonchev–Trinajstić information content (AvgIpc) is 2.68. The molecule has 29 heavy (non-hydrogen) atoms. The maximum absolute atomic E-state index is 12.9. The molecule has 0 unspecified atom stereocenters. The van der Waals surface area contributed by atoms with E-state index in [4.69, 9.17) is 23.8 Å². The van der Waals surface area contributed by atoms with Gasteiger partial charge in [-0.2, -0.15) is 0 Å². The number of rotatable bonds is 4. The second-order valence-corrected chi connectivity index (χ2v) is 7.51. The fourth-order valence-corrected chi connectivity index (χ4v) is 3.37. The van der Waals surface area contributed by atoms with E-state index < -0.39 is 0 Å². The molecule has 3 aromatic rings. The maximum Gasteiger partial charge on any atom is 0.257 e. The molecule has 0 heterocycles. The molecule has 0 atom stereocenters. The third-order valence-electron chi connectivity index (χ3n) is 4.22. The number of carbonyl (C=O) groups excluding carboxylic acids is 2. The molecule has 0 aromatic heterocycles. The number of hydrogen-bond donors (Lipinski definition) is 2. The zero-order valence-corrected chi connectivity index (χ0v) is 17.5. The molecular formula is C23H19ClN2O2S. The van der Waals surface area contributed by atoms with Crippen LogP contribution < -0.4 is 10.6 Å². The van der Waals surface area contributed by atoms with Crippen LogP contribution in [0.1, 0.15) is 37.4 Å². The van der Waals surface area contributed by atoms with Gasteiger partial charge in [-0.3, -0.25) is 14.9 Å². The third kappa shape index (κ3) is 5.28. The van der Waals surface area contributed by atoms with Gasteiger partial charge in [0.1, 0.15) is 0 Å². The van der Waals surface area contributed by atoms with E-state index in [0.29, 0.717) is 27.4 Å². The van der Waals surface area contributed by atoms with Crippen molar-refractivity contribution in [1.29, 1.82) is 0 Å². The number of nitrogens with one attached hydrogen (secondary N) is 2. The zero-order chi connectivity index (χ0) is 21.0. The molecule has 0 saturated heterocycles. The lowest BCUT2D eigenvalue weighted by molar-refractivity contribution is 0.0976. The monoisotopic (exact) mass is 422 g/mol. The van der Waals surface area contributed by atoms with Crippen molar-refractivity contribution >= 4 is 46.3 Å². The number of amides is 1. The highest BCUT2D eigenvalue weighted by molar-refractivity contribution is 7.80. The van der Waals surface area contributed by atoms with Crippen molar-refractivity contribution in [3.8, 4) is 0 Å². The first-order chi connectivity index (χ1) is 13.8. The molecule has 0 spiro atoms. The van der Waals surface area contributed by atoms with Crippen molar-refractivity contribution in [1.82, 2.24) is 5.32 Å². The van der Waals surface area contributed by atoms with Crippen LogP contribution in [-0.4, -0.2) is 16.8 Å². The fourth-order valence-electron chi connectivity index (χ4n) is 2.99. The van der Waals surface area contributed by atoms with E-state index in [1.807, 2.05) is 26.0 Å². The molecule has 3 aromatic carbocycles. The van der Waals surface area contributed by atoms with Gasteiger partial charge in [-0.05, 0) is 56.4 Å². The Kier molecular flexibility index (Phi) is 6.42. The largest absolute Gasteiger partial charge is 0.332 e. The number of halogens is 1. The van der Waals surface area contributed by atoms with Gasteiger partial charge >= 0.3 is 0 Å². The minimum atomic E-state index is -0.320. The Morgan fingerprint density at radius 2 is 1.52 bits per heavy atom. The average molecular weight is 423 g/mol. The molecule has 146 valence electrons. The van der Waals surface area contributed by atoms with E-state index >= 15 is 0 Å². The lowest BCUT2D eigenvalue weighted by atomic mass is 10.0. The topological polar surface area (TPSA) is 58.2 Å².